The van der Waals surface area contributed by atoms with E-state index in [0.717, 1.165) is 24.8 Å². The summed E-state index contributed by atoms with van der Waals surface area (Å²) < 4.78 is 5.07. The van der Waals surface area contributed by atoms with E-state index in [1.54, 1.807) is 0 Å². The topological polar surface area (TPSA) is 50.4 Å². The van der Waals surface area contributed by atoms with Gasteiger partial charge in [0.05, 0.1) is 17.3 Å². The quantitative estimate of drug-likeness (QED) is 0.454. The van der Waals surface area contributed by atoms with Crippen LogP contribution in [-0.2, 0) is 9.53 Å². The number of aryl methyl sites for hydroxylation is 1. The summed E-state index contributed by atoms with van der Waals surface area (Å²) in [5.41, 5.74) is 1.77. The maximum absolute atomic E-state index is 11.5. The Balaban J connectivity index is 2.29. The van der Waals surface area contributed by atoms with Gasteiger partial charge < -0.3 is 15.4 Å². The molecule has 1 rings (SSSR count). The number of carbonyl (C=O) groups is 1. The molecule has 1 aromatic carbocycles. The van der Waals surface area contributed by atoms with Gasteiger partial charge in [0.2, 0.25) is 0 Å². The molecule has 116 valence electrons. The molecule has 0 aliphatic heterocycles. The number of hydrogen-bond acceptors (Lipinski definition) is 3. The van der Waals surface area contributed by atoms with E-state index in [-0.39, 0.29) is 12.5 Å². The molecule has 0 heterocycles. The molecule has 6 heteroatoms. The predicted octanol–water partition coefficient (Wildman–Crippen LogP) is 3.67. The van der Waals surface area contributed by atoms with Crippen LogP contribution in [0.4, 0.5) is 5.69 Å². The standard InChI is InChI=1S/C15H21ClN2O2S/c1-3-4-5-8-20-14(19)10-17-15(21)18-13-7-6-11(2)9-12(13)16/h6-7,9H,3-5,8,10H2,1-2H3,(H2,17,18,21). The molecule has 0 amide bonds. The van der Waals surface area contributed by atoms with Gasteiger partial charge in [-0.3, -0.25) is 4.79 Å². The van der Waals surface area contributed by atoms with Gasteiger partial charge in [-0.15, -0.1) is 0 Å². The SMILES string of the molecule is CCCCCOC(=O)CNC(=S)Nc1ccc(C)cc1Cl. The van der Waals surface area contributed by atoms with E-state index in [9.17, 15) is 4.79 Å². The van der Waals surface area contributed by atoms with Gasteiger partial charge in [0.25, 0.3) is 0 Å². The molecule has 1 aromatic rings. The summed E-state index contributed by atoms with van der Waals surface area (Å²) in [4.78, 5) is 11.5. The molecule has 0 bridgehead atoms. The first-order valence-electron chi connectivity index (χ1n) is 6.99. The minimum atomic E-state index is -0.315. The lowest BCUT2D eigenvalue weighted by molar-refractivity contribution is -0.142. The van der Waals surface area contributed by atoms with Crippen molar-refractivity contribution in [1.82, 2.24) is 5.32 Å². The molecule has 0 aromatic heterocycles. The van der Waals surface area contributed by atoms with Crippen molar-refractivity contribution in [3.8, 4) is 0 Å². The van der Waals surface area contributed by atoms with Gasteiger partial charge in [0.15, 0.2) is 5.11 Å². The maximum Gasteiger partial charge on any atom is 0.325 e. The maximum atomic E-state index is 11.5. The van der Waals surface area contributed by atoms with Crippen LogP contribution < -0.4 is 10.6 Å². The van der Waals surface area contributed by atoms with E-state index in [1.165, 1.54) is 0 Å². The molecule has 2 N–H and O–H groups in total. The molecule has 0 spiro atoms. The van der Waals surface area contributed by atoms with Crippen LogP contribution >= 0.6 is 23.8 Å². The minimum Gasteiger partial charge on any atom is -0.464 e. The zero-order valence-electron chi connectivity index (χ0n) is 12.4. The Morgan fingerprint density at radius 3 is 2.81 bits per heavy atom. The summed E-state index contributed by atoms with van der Waals surface area (Å²) >= 11 is 11.2. The highest BCUT2D eigenvalue weighted by molar-refractivity contribution is 7.80. The number of halogens is 1. The van der Waals surface area contributed by atoms with Gasteiger partial charge in [0.1, 0.15) is 6.54 Å². The van der Waals surface area contributed by atoms with Crippen LogP contribution in [0.3, 0.4) is 0 Å². The molecule has 0 radical (unpaired) electrons. The van der Waals surface area contributed by atoms with Crippen molar-refractivity contribution in [2.75, 3.05) is 18.5 Å². The fourth-order valence-corrected chi connectivity index (χ4v) is 2.09. The molecule has 0 saturated carbocycles. The van der Waals surface area contributed by atoms with E-state index in [1.807, 2.05) is 25.1 Å². The summed E-state index contributed by atoms with van der Waals surface area (Å²) in [5, 5.41) is 6.67. The van der Waals surface area contributed by atoms with E-state index in [2.05, 4.69) is 17.6 Å². The van der Waals surface area contributed by atoms with Gasteiger partial charge in [-0.05, 0) is 43.3 Å². The fourth-order valence-electron chi connectivity index (χ4n) is 1.63. The van der Waals surface area contributed by atoms with Crippen LogP contribution in [0.2, 0.25) is 5.02 Å². The number of anilines is 1. The molecule has 0 aliphatic carbocycles. The van der Waals surface area contributed by atoms with Gasteiger partial charge in [-0.1, -0.05) is 37.4 Å². The number of esters is 1. The molecule has 0 saturated heterocycles. The predicted molar refractivity (Wildman–Crippen MR) is 90.9 cm³/mol. The first kappa shape index (κ1) is 17.7. The van der Waals surface area contributed by atoms with Crippen LogP contribution in [0, 0.1) is 6.92 Å². The number of thiocarbonyl (C=S) groups is 1. The van der Waals surface area contributed by atoms with Crippen molar-refractivity contribution in [2.45, 2.75) is 33.1 Å². The Morgan fingerprint density at radius 2 is 2.14 bits per heavy atom. The zero-order chi connectivity index (χ0) is 15.7. The average molecular weight is 329 g/mol. The first-order valence-corrected chi connectivity index (χ1v) is 7.78. The van der Waals surface area contributed by atoms with Gasteiger partial charge in [-0.25, -0.2) is 0 Å². The summed E-state index contributed by atoms with van der Waals surface area (Å²) in [6.07, 6.45) is 3.05. The highest BCUT2D eigenvalue weighted by atomic mass is 35.5. The molecular weight excluding hydrogens is 308 g/mol. The smallest absolute Gasteiger partial charge is 0.325 e. The third kappa shape index (κ3) is 7.29. The second kappa shape index (κ2) is 9.58. The summed E-state index contributed by atoms with van der Waals surface area (Å²) in [6.45, 7) is 4.56. The van der Waals surface area contributed by atoms with Crippen LogP contribution in [0.15, 0.2) is 18.2 Å². The normalized spacial score (nSPS) is 10.0. The lowest BCUT2D eigenvalue weighted by Crippen LogP contribution is -2.34. The van der Waals surface area contributed by atoms with Crippen molar-refractivity contribution in [3.05, 3.63) is 28.8 Å². The number of rotatable bonds is 7. The summed E-state index contributed by atoms with van der Waals surface area (Å²) in [5.74, 6) is -0.315. The third-order valence-electron chi connectivity index (χ3n) is 2.78. The van der Waals surface area contributed by atoms with Gasteiger partial charge >= 0.3 is 5.97 Å². The number of ether oxygens (including phenoxy) is 1. The number of nitrogens with one attached hydrogen (secondary N) is 2. The van der Waals surface area contributed by atoms with Crippen molar-refractivity contribution in [2.24, 2.45) is 0 Å². The second-order valence-corrected chi connectivity index (χ2v) is 5.53. The van der Waals surface area contributed by atoms with Crippen molar-refractivity contribution in [1.29, 1.82) is 0 Å². The Bertz CT molecular complexity index is 495. The number of hydrogen-bond donors (Lipinski definition) is 2. The monoisotopic (exact) mass is 328 g/mol. The Kier molecular flexibility index (Phi) is 8.08. The van der Waals surface area contributed by atoms with Crippen LogP contribution in [0.1, 0.15) is 31.7 Å². The van der Waals surface area contributed by atoms with Crippen molar-refractivity contribution in [3.63, 3.8) is 0 Å². The van der Waals surface area contributed by atoms with Crippen molar-refractivity contribution < 1.29 is 9.53 Å². The molecule has 0 atom stereocenters. The van der Waals surface area contributed by atoms with Gasteiger partial charge in [-0.2, -0.15) is 0 Å². The minimum absolute atomic E-state index is 0.0431. The average Bonchev–Trinajstić information content (AvgIpc) is 2.44. The molecule has 0 fully saturated rings. The summed E-state index contributed by atoms with van der Waals surface area (Å²) in [7, 11) is 0. The molecule has 4 nitrogen and oxygen atoms in total. The molecule has 21 heavy (non-hydrogen) atoms. The molecular formula is C15H21ClN2O2S. The largest absolute Gasteiger partial charge is 0.464 e. The molecule has 0 aliphatic rings. The van der Waals surface area contributed by atoms with E-state index >= 15 is 0 Å². The highest BCUT2D eigenvalue weighted by Crippen LogP contribution is 2.22. The van der Waals surface area contributed by atoms with Gasteiger partial charge in [0, 0.05) is 0 Å². The lowest BCUT2D eigenvalue weighted by Gasteiger charge is -2.12. The van der Waals surface area contributed by atoms with Crippen LogP contribution in [-0.4, -0.2) is 24.2 Å². The van der Waals surface area contributed by atoms with E-state index in [4.69, 9.17) is 28.6 Å². The molecule has 0 unspecified atom stereocenters. The Morgan fingerprint density at radius 1 is 1.38 bits per heavy atom. The number of carbonyl (C=O) groups excluding carboxylic acids is 1. The van der Waals surface area contributed by atoms with Crippen LogP contribution in [0.5, 0.6) is 0 Å². The fraction of sp³-hybridized carbons (Fsp3) is 0.467. The van der Waals surface area contributed by atoms with E-state index in [0.29, 0.717) is 22.4 Å². The Labute approximate surface area is 136 Å². The van der Waals surface area contributed by atoms with E-state index < -0.39 is 0 Å². The Hall–Kier alpha value is -1.33. The zero-order valence-corrected chi connectivity index (χ0v) is 13.9. The van der Waals surface area contributed by atoms with Crippen LogP contribution in [0.25, 0.3) is 0 Å². The third-order valence-corrected chi connectivity index (χ3v) is 3.34. The number of benzene rings is 1. The first-order chi connectivity index (χ1) is 10.0. The number of unbranched alkanes of at least 4 members (excludes halogenated alkanes) is 2. The highest BCUT2D eigenvalue weighted by Gasteiger charge is 2.06. The summed E-state index contributed by atoms with van der Waals surface area (Å²) in [6, 6.07) is 5.61. The second-order valence-electron chi connectivity index (χ2n) is 4.72. The lowest BCUT2D eigenvalue weighted by atomic mass is 10.2. The van der Waals surface area contributed by atoms with Crippen molar-refractivity contribution >= 4 is 40.6 Å².